The molecule has 0 aliphatic rings. The normalized spacial score (nSPS) is 11.9. The van der Waals surface area contributed by atoms with E-state index < -0.39 is 0 Å². The lowest BCUT2D eigenvalue weighted by Gasteiger charge is -2.17. The van der Waals surface area contributed by atoms with Gasteiger partial charge in [0.15, 0.2) is 0 Å². The van der Waals surface area contributed by atoms with E-state index in [9.17, 15) is 0 Å². The molecule has 0 saturated carbocycles. The number of nitrogens with zero attached hydrogens (tertiary/aromatic N) is 1. The molecule has 0 amide bonds. The summed E-state index contributed by atoms with van der Waals surface area (Å²) in [6, 6.07) is 11.7. The molecule has 1 heterocycles. The molecule has 0 bridgehead atoms. The van der Waals surface area contributed by atoms with Crippen molar-refractivity contribution in [1.29, 1.82) is 5.26 Å². The minimum Gasteiger partial charge on any atom is -0.483 e. The largest absolute Gasteiger partial charge is 0.483 e. The summed E-state index contributed by atoms with van der Waals surface area (Å²) in [6.45, 7) is 4.43. The van der Waals surface area contributed by atoms with E-state index in [4.69, 9.17) is 15.7 Å². The zero-order valence-corrected chi connectivity index (χ0v) is 11.8. The predicted molar refractivity (Wildman–Crippen MR) is 77.4 cm³/mol. The first-order valence-corrected chi connectivity index (χ1v) is 6.89. The Hall–Kier alpha value is -1.83. The molecule has 98 valence electrons. The van der Waals surface area contributed by atoms with Crippen LogP contribution in [-0.4, -0.2) is 6.54 Å². The van der Waals surface area contributed by atoms with Crippen molar-refractivity contribution >= 4 is 11.3 Å². The summed E-state index contributed by atoms with van der Waals surface area (Å²) in [7, 11) is 0. The summed E-state index contributed by atoms with van der Waals surface area (Å²) < 4.78 is 5.97. The Morgan fingerprint density at radius 2 is 2.11 bits per heavy atom. The minimum absolute atomic E-state index is 0.161. The molecule has 0 aliphatic heterocycles. The quantitative estimate of drug-likeness (QED) is 0.928. The van der Waals surface area contributed by atoms with Crippen LogP contribution in [0.5, 0.6) is 5.75 Å². The van der Waals surface area contributed by atoms with Gasteiger partial charge in [0.05, 0.1) is 11.6 Å². The Bertz CT molecular complexity index is 613. The van der Waals surface area contributed by atoms with Gasteiger partial charge in [-0.05, 0) is 43.7 Å². The summed E-state index contributed by atoms with van der Waals surface area (Å²) in [5.41, 5.74) is 7.40. The Kier molecular flexibility index (Phi) is 4.20. The van der Waals surface area contributed by atoms with Crippen LogP contribution >= 0.6 is 11.3 Å². The molecule has 2 N–H and O–H groups in total. The van der Waals surface area contributed by atoms with Crippen molar-refractivity contribution in [1.82, 2.24) is 0 Å². The van der Waals surface area contributed by atoms with Crippen LogP contribution in [0, 0.1) is 25.2 Å². The predicted octanol–water partition coefficient (Wildman–Crippen LogP) is 3.32. The van der Waals surface area contributed by atoms with Crippen molar-refractivity contribution in [2.75, 3.05) is 6.54 Å². The minimum atomic E-state index is -0.161. The smallest absolute Gasteiger partial charge is 0.145 e. The van der Waals surface area contributed by atoms with Gasteiger partial charge in [-0.1, -0.05) is 6.07 Å². The molecule has 0 radical (unpaired) electrons. The number of ether oxygens (including phenoxy) is 1. The maximum absolute atomic E-state index is 8.94. The highest BCUT2D eigenvalue weighted by molar-refractivity contribution is 7.12. The zero-order valence-electron chi connectivity index (χ0n) is 11.0. The van der Waals surface area contributed by atoms with Crippen molar-refractivity contribution in [2.45, 2.75) is 20.0 Å². The van der Waals surface area contributed by atoms with Crippen LogP contribution in [0.2, 0.25) is 0 Å². The second-order valence-electron chi connectivity index (χ2n) is 4.38. The van der Waals surface area contributed by atoms with Gasteiger partial charge in [-0.3, -0.25) is 0 Å². The third-order valence-electron chi connectivity index (χ3n) is 2.88. The number of benzene rings is 1. The first-order chi connectivity index (χ1) is 9.13. The lowest BCUT2D eigenvalue weighted by molar-refractivity contribution is 0.216. The molecule has 0 fully saturated rings. The highest BCUT2D eigenvalue weighted by atomic mass is 32.1. The maximum atomic E-state index is 8.94. The summed E-state index contributed by atoms with van der Waals surface area (Å²) in [4.78, 5) is 2.35. The Balaban J connectivity index is 2.26. The monoisotopic (exact) mass is 272 g/mol. The standard InChI is InChI=1S/C15H16N2OS/c1-10-3-5-12(8-16)7-13(10)18-14(9-17)15-6-4-11(2)19-15/h3-7,14H,9,17H2,1-2H3. The topological polar surface area (TPSA) is 59.0 Å². The Labute approximate surface area is 117 Å². The second kappa shape index (κ2) is 5.87. The Morgan fingerprint density at radius 1 is 1.32 bits per heavy atom. The first-order valence-electron chi connectivity index (χ1n) is 6.08. The molecule has 2 rings (SSSR count). The van der Waals surface area contributed by atoms with Crippen molar-refractivity contribution in [3.05, 3.63) is 51.2 Å². The van der Waals surface area contributed by atoms with Crippen LogP contribution in [0.15, 0.2) is 30.3 Å². The number of aryl methyl sites for hydroxylation is 2. The van der Waals surface area contributed by atoms with E-state index in [-0.39, 0.29) is 6.10 Å². The molecule has 0 spiro atoms. The number of hydrogen-bond acceptors (Lipinski definition) is 4. The lowest BCUT2D eigenvalue weighted by Crippen LogP contribution is -2.17. The molecule has 19 heavy (non-hydrogen) atoms. The SMILES string of the molecule is Cc1ccc(C(CN)Oc2cc(C#N)ccc2C)s1. The number of nitrogens with two attached hydrogens (primary N) is 1. The first kappa shape index (κ1) is 13.6. The van der Waals surface area contributed by atoms with E-state index >= 15 is 0 Å². The summed E-state index contributed by atoms with van der Waals surface area (Å²) >= 11 is 1.69. The van der Waals surface area contributed by atoms with Gasteiger partial charge in [0, 0.05) is 16.3 Å². The van der Waals surface area contributed by atoms with E-state index in [2.05, 4.69) is 19.1 Å². The van der Waals surface area contributed by atoms with E-state index in [1.165, 1.54) is 4.88 Å². The third kappa shape index (κ3) is 3.14. The van der Waals surface area contributed by atoms with Gasteiger partial charge in [0.2, 0.25) is 0 Å². The third-order valence-corrected chi connectivity index (χ3v) is 3.97. The van der Waals surface area contributed by atoms with Crippen molar-refractivity contribution in [3.8, 4) is 11.8 Å². The van der Waals surface area contributed by atoms with Crippen LogP contribution in [-0.2, 0) is 0 Å². The molecule has 0 aliphatic carbocycles. The van der Waals surface area contributed by atoms with Crippen LogP contribution < -0.4 is 10.5 Å². The molecule has 3 nitrogen and oxygen atoms in total. The summed E-state index contributed by atoms with van der Waals surface area (Å²) in [6.07, 6.45) is -0.161. The molecule has 1 aromatic carbocycles. The second-order valence-corrected chi connectivity index (χ2v) is 5.70. The fraction of sp³-hybridized carbons (Fsp3) is 0.267. The number of rotatable bonds is 4. The molecule has 0 saturated heterocycles. The highest BCUT2D eigenvalue weighted by Gasteiger charge is 2.15. The zero-order chi connectivity index (χ0) is 13.8. The lowest BCUT2D eigenvalue weighted by atomic mass is 10.1. The average molecular weight is 272 g/mol. The average Bonchev–Trinajstić information content (AvgIpc) is 2.84. The summed E-state index contributed by atoms with van der Waals surface area (Å²) in [5, 5.41) is 8.94. The van der Waals surface area contributed by atoms with Gasteiger partial charge in [0.25, 0.3) is 0 Å². The van der Waals surface area contributed by atoms with Crippen LogP contribution in [0.3, 0.4) is 0 Å². The summed E-state index contributed by atoms with van der Waals surface area (Å²) in [5.74, 6) is 0.723. The molecule has 1 aromatic heterocycles. The highest BCUT2D eigenvalue weighted by Crippen LogP contribution is 2.29. The van der Waals surface area contributed by atoms with Crippen LogP contribution in [0.1, 0.15) is 27.0 Å². The van der Waals surface area contributed by atoms with Crippen LogP contribution in [0.25, 0.3) is 0 Å². The van der Waals surface area contributed by atoms with Crippen molar-refractivity contribution < 1.29 is 4.74 Å². The number of nitriles is 1. The van der Waals surface area contributed by atoms with E-state index in [0.717, 1.165) is 16.2 Å². The fourth-order valence-electron chi connectivity index (χ4n) is 1.80. The van der Waals surface area contributed by atoms with Gasteiger partial charge in [-0.15, -0.1) is 11.3 Å². The van der Waals surface area contributed by atoms with Crippen LogP contribution in [0.4, 0.5) is 0 Å². The molecule has 1 atom stereocenters. The van der Waals surface area contributed by atoms with Gasteiger partial charge in [0.1, 0.15) is 11.9 Å². The number of thiophene rings is 1. The molecule has 1 unspecified atom stereocenters. The fourth-order valence-corrected chi connectivity index (χ4v) is 2.72. The van der Waals surface area contributed by atoms with E-state index in [0.29, 0.717) is 12.1 Å². The van der Waals surface area contributed by atoms with Gasteiger partial charge in [-0.2, -0.15) is 5.26 Å². The van der Waals surface area contributed by atoms with E-state index in [1.807, 2.05) is 19.1 Å². The maximum Gasteiger partial charge on any atom is 0.145 e. The van der Waals surface area contributed by atoms with Gasteiger partial charge >= 0.3 is 0 Å². The van der Waals surface area contributed by atoms with E-state index in [1.54, 1.807) is 23.5 Å². The molecular weight excluding hydrogens is 256 g/mol. The van der Waals surface area contributed by atoms with Crippen molar-refractivity contribution in [3.63, 3.8) is 0 Å². The Morgan fingerprint density at radius 3 is 2.68 bits per heavy atom. The van der Waals surface area contributed by atoms with Crippen molar-refractivity contribution in [2.24, 2.45) is 5.73 Å². The number of hydrogen-bond donors (Lipinski definition) is 1. The van der Waals surface area contributed by atoms with Gasteiger partial charge < -0.3 is 10.5 Å². The molecular formula is C15H16N2OS. The molecule has 2 aromatic rings. The molecule has 4 heteroatoms. The van der Waals surface area contributed by atoms with Gasteiger partial charge in [-0.25, -0.2) is 0 Å².